The molecule has 1 saturated carbocycles. The molecule has 1 N–H and O–H groups in total. The maximum atomic E-state index is 12.0. The Bertz CT molecular complexity index is 655. The summed E-state index contributed by atoms with van der Waals surface area (Å²) >= 11 is 0. The highest BCUT2D eigenvalue weighted by Crippen LogP contribution is 2.63. The number of carbonyl (C=O) groups excluding carboxylic acids is 1. The molecule has 2 bridgehead atoms. The number of esters is 1. The predicted molar refractivity (Wildman–Crippen MR) is 98.1 cm³/mol. The van der Waals surface area contributed by atoms with Crippen molar-refractivity contribution in [3.63, 3.8) is 0 Å². The molecule has 144 valence electrons. The first-order chi connectivity index (χ1) is 12.4. The highest BCUT2D eigenvalue weighted by Gasteiger charge is 2.68. The molecule has 3 rings (SSSR count). The molecule has 1 heterocycles. The van der Waals surface area contributed by atoms with Crippen molar-refractivity contribution in [2.24, 2.45) is 11.3 Å². The van der Waals surface area contributed by atoms with E-state index in [1.807, 2.05) is 6.26 Å². The number of carbonyl (C=O) groups is 1. The van der Waals surface area contributed by atoms with Crippen molar-refractivity contribution >= 4 is 5.97 Å². The van der Waals surface area contributed by atoms with Crippen LogP contribution < -0.4 is 0 Å². The Morgan fingerprint density at radius 3 is 2.77 bits per heavy atom. The van der Waals surface area contributed by atoms with E-state index in [9.17, 15) is 9.90 Å². The first-order valence-corrected chi connectivity index (χ1v) is 9.64. The molecule has 0 radical (unpaired) electrons. The smallest absolute Gasteiger partial charge is 0.330 e. The van der Waals surface area contributed by atoms with Crippen molar-refractivity contribution < 1.29 is 24.1 Å². The quantitative estimate of drug-likeness (QED) is 0.338. The Labute approximate surface area is 155 Å². The largest absolute Gasteiger partial charge is 0.469 e. The average Bonchev–Trinajstić information content (AvgIpc) is 2.98. The monoisotopic (exact) mass is 362 g/mol. The number of hydrogen-bond donors (Lipinski definition) is 1. The maximum absolute atomic E-state index is 12.0. The molecule has 5 nitrogen and oxygen atoms in total. The second kappa shape index (κ2) is 7.20. The van der Waals surface area contributed by atoms with Gasteiger partial charge in [0.25, 0.3) is 0 Å². The van der Waals surface area contributed by atoms with Crippen molar-refractivity contribution in [3.05, 3.63) is 35.1 Å². The first-order valence-electron chi connectivity index (χ1n) is 9.64. The molecule has 0 spiro atoms. The van der Waals surface area contributed by atoms with Crippen molar-refractivity contribution in [2.75, 3.05) is 13.2 Å². The van der Waals surface area contributed by atoms with Crippen molar-refractivity contribution in [1.29, 1.82) is 0 Å². The molecule has 2 aliphatic carbocycles. The molecule has 26 heavy (non-hydrogen) atoms. The molecular formula is C21H30O5. The van der Waals surface area contributed by atoms with Gasteiger partial charge in [0.2, 0.25) is 5.79 Å². The van der Waals surface area contributed by atoms with Crippen LogP contribution in [0.4, 0.5) is 0 Å². The zero-order valence-electron chi connectivity index (χ0n) is 16.2. The van der Waals surface area contributed by atoms with E-state index in [2.05, 4.69) is 26.8 Å². The van der Waals surface area contributed by atoms with Gasteiger partial charge in [0.15, 0.2) is 0 Å². The van der Waals surface area contributed by atoms with Crippen molar-refractivity contribution in [2.45, 2.75) is 65.3 Å². The molecule has 0 amide bonds. The van der Waals surface area contributed by atoms with E-state index in [1.54, 1.807) is 6.92 Å². The van der Waals surface area contributed by atoms with Crippen LogP contribution in [0.15, 0.2) is 35.1 Å². The van der Waals surface area contributed by atoms with Gasteiger partial charge in [-0.1, -0.05) is 25.5 Å². The Balaban J connectivity index is 2.01. The molecule has 4 atom stereocenters. The highest BCUT2D eigenvalue weighted by atomic mass is 16.7. The van der Waals surface area contributed by atoms with Gasteiger partial charge in [-0.25, -0.2) is 4.79 Å². The summed E-state index contributed by atoms with van der Waals surface area (Å²) in [5.74, 6) is -1.40. The van der Waals surface area contributed by atoms with Gasteiger partial charge in [0, 0.05) is 12.5 Å². The third-order valence-corrected chi connectivity index (χ3v) is 5.93. The number of aliphatic hydroxyl groups excluding tert-OH is 1. The predicted octanol–water partition coefficient (Wildman–Crippen LogP) is 3.64. The zero-order chi connectivity index (χ0) is 18.9. The molecule has 0 unspecified atom stereocenters. The van der Waals surface area contributed by atoms with Crippen molar-refractivity contribution in [3.8, 4) is 0 Å². The second-order valence-corrected chi connectivity index (χ2v) is 7.61. The van der Waals surface area contributed by atoms with Gasteiger partial charge in [0.1, 0.15) is 0 Å². The van der Waals surface area contributed by atoms with Crippen LogP contribution in [0.1, 0.15) is 53.4 Å². The number of rotatable bonds is 6. The molecule has 5 heteroatoms. The minimum absolute atomic E-state index is 0.177. The molecule has 0 aromatic carbocycles. The number of hydrogen-bond acceptors (Lipinski definition) is 5. The fourth-order valence-electron chi connectivity index (χ4n) is 4.76. The number of allylic oxidation sites excluding steroid dienone is 1. The van der Waals surface area contributed by atoms with Crippen LogP contribution >= 0.6 is 0 Å². The van der Waals surface area contributed by atoms with Crippen LogP contribution in [0.3, 0.4) is 0 Å². The van der Waals surface area contributed by atoms with Gasteiger partial charge in [-0.05, 0) is 44.3 Å². The van der Waals surface area contributed by atoms with Crippen LogP contribution in [0.5, 0.6) is 0 Å². The highest BCUT2D eigenvalue weighted by molar-refractivity contribution is 5.83. The van der Waals surface area contributed by atoms with Crippen LogP contribution in [0.2, 0.25) is 0 Å². The normalized spacial score (nSPS) is 36.5. The molecule has 3 aliphatic rings. The summed E-state index contributed by atoms with van der Waals surface area (Å²) in [6.45, 7) is 8.78. The van der Waals surface area contributed by atoms with E-state index in [1.165, 1.54) is 11.6 Å². The van der Waals surface area contributed by atoms with E-state index in [-0.39, 0.29) is 11.9 Å². The van der Waals surface area contributed by atoms with Gasteiger partial charge < -0.3 is 19.3 Å². The third-order valence-electron chi connectivity index (χ3n) is 5.93. The van der Waals surface area contributed by atoms with Gasteiger partial charge in [0.05, 0.1) is 36.9 Å². The van der Waals surface area contributed by atoms with Gasteiger partial charge in [-0.3, -0.25) is 0 Å². The maximum Gasteiger partial charge on any atom is 0.330 e. The van der Waals surface area contributed by atoms with Crippen LogP contribution in [0, 0.1) is 11.3 Å². The lowest BCUT2D eigenvalue weighted by Crippen LogP contribution is -2.45. The fourth-order valence-corrected chi connectivity index (χ4v) is 4.76. The van der Waals surface area contributed by atoms with Crippen LogP contribution in [-0.4, -0.2) is 36.2 Å². The first kappa shape index (κ1) is 19.2. The third kappa shape index (κ3) is 3.01. The summed E-state index contributed by atoms with van der Waals surface area (Å²) in [7, 11) is 0. The Morgan fingerprint density at radius 2 is 2.12 bits per heavy atom. The van der Waals surface area contributed by atoms with Gasteiger partial charge >= 0.3 is 5.97 Å². The van der Waals surface area contributed by atoms with Crippen LogP contribution in [-0.2, 0) is 19.0 Å². The van der Waals surface area contributed by atoms with E-state index in [4.69, 9.17) is 14.2 Å². The fraction of sp³-hybridized carbons (Fsp3) is 0.667. The van der Waals surface area contributed by atoms with E-state index >= 15 is 0 Å². The number of ether oxygens (including phenoxy) is 3. The lowest BCUT2D eigenvalue weighted by atomic mass is 9.68. The van der Waals surface area contributed by atoms with E-state index in [0.717, 1.165) is 24.0 Å². The summed E-state index contributed by atoms with van der Waals surface area (Å²) in [6, 6.07) is 0. The molecular weight excluding hydrogens is 332 g/mol. The molecule has 0 aromatic heterocycles. The van der Waals surface area contributed by atoms with Crippen LogP contribution in [0.25, 0.3) is 0 Å². The summed E-state index contributed by atoms with van der Waals surface area (Å²) < 4.78 is 17.6. The standard InChI is InChI=1S/C21H30O5/c1-5-15(6-2)12-25-21-11-14(4)10-20(13-26-21)17(22)8-16(19(20)21)9-18(23)24-7-3/h9-10,12,17,19,22H,5-8,11,13H2,1-4H3/b16-9+/t17-,19-,20+,21+/m1/s1. The SMILES string of the molecule is CCOC(=O)/C=C1\C[C@@H](O)[C@]23C=C(C)C[C@](OC=C(CC)CC)(OC2)[C@H]13. The van der Waals surface area contributed by atoms with Gasteiger partial charge in [-0.2, -0.15) is 0 Å². The van der Waals surface area contributed by atoms with Crippen molar-refractivity contribution in [1.82, 2.24) is 0 Å². The molecule has 2 fully saturated rings. The molecule has 1 aliphatic heterocycles. The summed E-state index contributed by atoms with van der Waals surface area (Å²) in [4.78, 5) is 12.0. The zero-order valence-corrected chi connectivity index (χ0v) is 16.2. The Morgan fingerprint density at radius 1 is 1.38 bits per heavy atom. The topological polar surface area (TPSA) is 65.0 Å². The summed E-state index contributed by atoms with van der Waals surface area (Å²) in [5.41, 5.74) is 2.70. The van der Waals surface area contributed by atoms with E-state index < -0.39 is 17.3 Å². The molecule has 0 aromatic rings. The lowest BCUT2D eigenvalue weighted by Gasteiger charge is -2.40. The van der Waals surface area contributed by atoms with Gasteiger partial charge in [-0.15, -0.1) is 0 Å². The minimum atomic E-state index is -0.857. The second-order valence-electron chi connectivity index (χ2n) is 7.61. The number of aliphatic hydroxyl groups is 1. The summed E-state index contributed by atoms with van der Waals surface area (Å²) in [6.07, 6.45) is 7.81. The van der Waals surface area contributed by atoms with E-state index in [0.29, 0.717) is 26.1 Å². The Hall–Kier alpha value is -1.59. The average molecular weight is 362 g/mol. The molecule has 1 saturated heterocycles. The summed E-state index contributed by atoms with van der Waals surface area (Å²) in [5, 5.41) is 10.8. The Kier molecular flexibility index (Phi) is 5.31. The lowest BCUT2D eigenvalue weighted by molar-refractivity contribution is -0.193. The minimum Gasteiger partial charge on any atom is -0.469 e.